The van der Waals surface area contributed by atoms with Gasteiger partial charge in [0.25, 0.3) is 0 Å². The molecule has 100 valence electrons. The third-order valence-electron chi connectivity index (χ3n) is 2.47. The van der Waals surface area contributed by atoms with E-state index in [0.29, 0.717) is 13.2 Å². The normalized spacial score (nSPS) is 10.1. The van der Waals surface area contributed by atoms with E-state index in [1.807, 2.05) is 19.2 Å². The summed E-state index contributed by atoms with van der Waals surface area (Å²) in [5, 5.41) is 6.06. The van der Waals surface area contributed by atoms with Gasteiger partial charge in [-0.15, -0.1) is 0 Å². The van der Waals surface area contributed by atoms with Gasteiger partial charge in [-0.05, 0) is 12.5 Å². The number of ether oxygens (including phenoxy) is 1. The fraction of sp³-hybridized carbons (Fsp3) is 0.538. The molecule has 5 heteroatoms. The van der Waals surface area contributed by atoms with Crippen LogP contribution >= 0.6 is 0 Å². The minimum absolute atomic E-state index is 0.210. The van der Waals surface area contributed by atoms with E-state index < -0.39 is 0 Å². The molecule has 0 saturated heterocycles. The van der Waals surface area contributed by atoms with Gasteiger partial charge >= 0.3 is 5.97 Å². The molecule has 0 amide bonds. The van der Waals surface area contributed by atoms with Crippen molar-refractivity contribution in [3.05, 3.63) is 23.9 Å². The van der Waals surface area contributed by atoms with Crippen LogP contribution < -0.4 is 10.6 Å². The molecular weight excluding hydrogens is 230 g/mol. The third-order valence-corrected chi connectivity index (χ3v) is 2.47. The molecule has 5 nitrogen and oxygen atoms in total. The van der Waals surface area contributed by atoms with Crippen molar-refractivity contribution < 1.29 is 9.53 Å². The Kier molecular flexibility index (Phi) is 6.79. The number of aromatic nitrogens is 1. The van der Waals surface area contributed by atoms with Crippen LogP contribution in [0, 0.1) is 0 Å². The first-order valence-electron chi connectivity index (χ1n) is 6.26. The second-order valence-corrected chi connectivity index (χ2v) is 3.94. The van der Waals surface area contributed by atoms with E-state index in [1.165, 1.54) is 0 Å². The van der Waals surface area contributed by atoms with Gasteiger partial charge in [-0.1, -0.05) is 19.4 Å². The highest BCUT2D eigenvalue weighted by atomic mass is 16.5. The summed E-state index contributed by atoms with van der Waals surface area (Å²) < 4.78 is 5.04. The molecule has 0 atom stereocenters. The quantitative estimate of drug-likeness (QED) is 0.542. The van der Waals surface area contributed by atoms with Crippen LogP contribution in [0.4, 0.5) is 5.82 Å². The standard InChI is InChI=1S/C13H21N3O2/c1-3-4-8-18-12(17)10-15-9-11-6-5-7-16-13(11)14-2/h5-7,15H,3-4,8-10H2,1-2H3,(H,14,16). The lowest BCUT2D eigenvalue weighted by molar-refractivity contribution is -0.142. The first-order valence-corrected chi connectivity index (χ1v) is 6.26. The maximum Gasteiger partial charge on any atom is 0.319 e. The number of rotatable bonds is 8. The molecule has 0 unspecified atom stereocenters. The fourth-order valence-corrected chi connectivity index (χ4v) is 1.49. The van der Waals surface area contributed by atoms with E-state index in [4.69, 9.17) is 4.74 Å². The van der Waals surface area contributed by atoms with Crippen LogP contribution in [0.1, 0.15) is 25.3 Å². The van der Waals surface area contributed by atoms with Gasteiger partial charge in [0.1, 0.15) is 5.82 Å². The zero-order valence-electron chi connectivity index (χ0n) is 11.0. The lowest BCUT2D eigenvalue weighted by atomic mass is 10.2. The first-order chi connectivity index (χ1) is 8.77. The van der Waals surface area contributed by atoms with Crippen molar-refractivity contribution in [1.29, 1.82) is 0 Å². The Labute approximate surface area is 108 Å². The first kappa shape index (κ1) is 14.4. The van der Waals surface area contributed by atoms with Gasteiger partial charge in [-0.3, -0.25) is 4.79 Å². The average Bonchev–Trinajstić information content (AvgIpc) is 2.39. The highest BCUT2D eigenvalue weighted by molar-refractivity contribution is 5.71. The van der Waals surface area contributed by atoms with Crippen molar-refractivity contribution in [3.63, 3.8) is 0 Å². The molecule has 0 aliphatic carbocycles. The van der Waals surface area contributed by atoms with E-state index in [1.54, 1.807) is 6.20 Å². The maximum atomic E-state index is 11.3. The van der Waals surface area contributed by atoms with E-state index in [-0.39, 0.29) is 12.5 Å². The summed E-state index contributed by atoms with van der Waals surface area (Å²) >= 11 is 0. The number of hydrogen-bond donors (Lipinski definition) is 2. The fourth-order valence-electron chi connectivity index (χ4n) is 1.49. The smallest absolute Gasteiger partial charge is 0.319 e. The minimum atomic E-state index is -0.210. The van der Waals surface area contributed by atoms with Crippen molar-refractivity contribution in [2.24, 2.45) is 0 Å². The molecular formula is C13H21N3O2. The molecule has 0 bridgehead atoms. The lowest BCUT2D eigenvalue weighted by Crippen LogP contribution is -2.25. The van der Waals surface area contributed by atoms with Crippen molar-refractivity contribution in [1.82, 2.24) is 10.3 Å². The summed E-state index contributed by atoms with van der Waals surface area (Å²) in [5.41, 5.74) is 1.03. The van der Waals surface area contributed by atoms with Gasteiger partial charge in [0.15, 0.2) is 0 Å². The molecule has 0 spiro atoms. The average molecular weight is 251 g/mol. The Morgan fingerprint density at radius 1 is 1.50 bits per heavy atom. The highest BCUT2D eigenvalue weighted by Crippen LogP contribution is 2.09. The second-order valence-electron chi connectivity index (χ2n) is 3.94. The van der Waals surface area contributed by atoms with Crippen LogP contribution in [0.5, 0.6) is 0 Å². The van der Waals surface area contributed by atoms with Gasteiger partial charge in [-0.25, -0.2) is 4.98 Å². The number of nitrogens with zero attached hydrogens (tertiary/aromatic N) is 1. The highest BCUT2D eigenvalue weighted by Gasteiger charge is 2.04. The molecule has 0 aliphatic rings. The molecule has 1 heterocycles. The Morgan fingerprint density at radius 2 is 2.33 bits per heavy atom. The Morgan fingerprint density at radius 3 is 3.06 bits per heavy atom. The third kappa shape index (κ3) is 5.14. The molecule has 1 aromatic rings. The number of carbonyl (C=O) groups excluding carboxylic acids is 1. The van der Waals surface area contributed by atoms with E-state index in [9.17, 15) is 4.79 Å². The van der Waals surface area contributed by atoms with Crippen molar-refractivity contribution in [2.75, 3.05) is 25.5 Å². The monoisotopic (exact) mass is 251 g/mol. The number of carbonyl (C=O) groups is 1. The molecule has 0 aromatic carbocycles. The Balaban J connectivity index is 2.26. The van der Waals surface area contributed by atoms with Crippen LogP contribution in [0.3, 0.4) is 0 Å². The molecule has 0 saturated carbocycles. The summed E-state index contributed by atoms with van der Waals surface area (Å²) in [7, 11) is 1.82. The number of anilines is 1. The van der Waals surface area contributed by atoms with Crippen LogP contribution in [-0.2, 0) is 16.1 Å². The summed E-state index contributed by atoms with van der Waals surface area (Å²) in [6, 6.07) is 3.84. The van der Waals surface area contributed by atoms with Gasteiger partial charge in [0.2, 0.25) is 0 Å². The predicted octanol–water partition coefficient (Wildman–Crippen LogP) is 1.56. The summed E-state index contributed by atoms with van der Waals surface area (Å²) in [6.07, 6.45) is 3.68. The Hall–Kier alpha value is -1.62. The van der Waals surface area contributed by atoms with Gasteiger partial charge < -0.3 is 15.4 Å². The van der Waals surface area contributed by atoms with Gasteiger partial charge in [0, 0.05) is 25.4 Å². The van der Waals surface area contributed by atoms with Gasteiger partial charge in [-0.2, -0.15) is 0 Å². The van der Waals surface area contributed by atoms with E-state index in [2.05, 4.69) is 22.5 Å². The number of hydrogen-bond acceptors (Lipinski definition) is 5. The number of pyridine rings is 1. The van der Waals surface area contributed by atoms with Crippen LogP contribution in [0.15, 0.2) is 18.3 Å². The largest absolute Gasteiger partial charge is 0.465 e. The number of unbranched alkanes of at least 4 members (excludes halogenated alkanes) is 1. The minimum Gasteiger partial charge on any atom is -0.465 e. The number of esters is 1. The number of nitrogens with one attached hydrogen (secondary N) is 2. The zero-order valence-corrected chi connectivity index (χ0v) is 11.0. The maximum absolute atomic E-state index is 11.3. The zero-order chi connectivity index (χ0) is 13.2. The van der Waals surface area contributed by atoms with Crippen LogP contribution in [-0.4, -0.2) is 31.2 Å². The summed E-state index contributed by atoms with van der Waals surface area (Å²) in [4.78, 5) is 15.5. The van der Waals surface area contributed by atoms with Crippen molar-refractivity contribution in [2.45, 2.75) is 26.3 Å². The molecule has 2 N–H and O–H groups in total. The SMILES string of the molecule is CCCCOC(=O)CNCc1cccnc1NC. The molecule has 0 radical (unpaired) electrons. The van der Waals surface area contributed by atoms with E-state index in [0.717, 1.165) is 24.2 Å². The molecule has 1 rings (SSSR count). The second kappa shape index (κ2) is 8.47. The van der Waals surface area contributed by atoms with Gasteiger partial charge in [0.05, 0.1) is 13.2 Å². The molecule has 0 fully saturated rings. The Bertz CT molecular complexity index is 369. The molecule has 0 aliphatic heterocycles. The predicted molar refractivity (Wildman–Crippen MR) is 71.4 cm³/mol. The van der Waals surface area contributed by atoms with Crippen LogP contribution in [0.2, 0.25) is 0 Å². The summed E-state index contributed by atoms with van der Waals surface area (Å²) in [6.45, 7) is 3.38. The lowest BCUT2D eigenvalue weighted by Gasteiger charge is -2.09. The molecule has 1 aromatic heterocycles. The molecule has 18 heavy (non-hydrogen) atoms. The summed E-state index contributed by atoms with van der Waals surface area (Å²) in [5.74, 6) is 0.614. The van der Waals surface area contributed by atoms with Crippen molar-refractivity contribution in [3.8, 4) is 0 Å². The van der Waals surface area contributed by atoms with Crippen molar-refractivity contribution >= 4 is 11.8 Å². The topological polar surface area (TPSA) is 63.2 Å². The van der Waals surface area contributed by atoms with Crippen LogP contribution in [0.25, 0.3) is 0 Å². The van der Waals surface area contributed by atoms with E-state index >= 15 is 0 Å².